The summed E-state index contributed by atoms with van der Waals surface area (Å²) in [6.07, 6.45) is 0. The topological polar surface area (TPSA) is 127 Å². The van der Waals surface area contributed by atoms with Crippen LogP contribution in [0.3, 0.4) is 0 Å². The molecule has 1 amide bonds. The molecule has 25 heavy (non-hydrogen) atoms. The number of hydrogen-bond acceptors (Lipinski definition) is 5. The molecular weight excluding hydrogens is 366 g/mol. The Bertz CT molecular complexity index is 998. The van der Waals surface area contributed by atoms with Gasteiger partial charge in [0.2, 0.25) is 10.0 Å². The lowest BCUT2D eigenvalue weighted by atomic mass is 10.2. The number of carbonyl (C=O) groups is 1. The van der Waals surface area contributed by atoms with Gasteiger partial charge in [-0.1, -0.05) is 12.1 Å². The number of benzene rings is 2. The Kier molecular flexibility index (Phi) is 5.16. The standard InChI is InChI=1S/C15H17N3O5S2/c1-18(2)25(22,23)12-9-7-11(8-10-12)24(20,21)17-14-6-4-3-5-13(14)15(16)19/h3-10,17H,1-2H3,(H2,16,19). The highest BCUT2D eigenvalue weighted by Gasteiger charge is 2.21. The zero-order chi connectivity index (χ0) is 18.8. The maximum absolute atomic E-state index is 12.4. The molecule has 0 aliphatic carbocycles. The molecule has 0 spiro atoms. The quantitative estimate of drug-likeness (QED) is 0.764. The largest absolute Gasteiger partial charge is 0.366 e. The number of hydrogen-bond donors (Lipinski definition) is 2. The van der Waals surface area contributed by atoms with Gasteiger partial charge in [0.05, 0.1) is 21.0 Å². The Morgan fingerprint density at radius 1 is 0.920 bits per heavy atom. The number of carbonyl (C=O) groups excluding carboxylic acids is 1. The van der Waals surface area contributed by atoms with Crippen LogP contribution >= 0.6 is 0 Å². The van der Waals surface area contributed by atoms with Gasteiger partial charge in [-0.3, -0.25) is 9.52 Å². The summed E-state index contributed by atoms with van der Waals surface area (Å²) in [5.41, 5.74) is 5.29. The molecule has 0 radical (unpaired) electrons. The Morgan fingerprint density at radius 3 is 1.96 bits per heavy atom. The van der Waals surface area contributed by atoms with Crippen molar-refractivity contribution in [3.63, 3.8) is 0 Å². The number of anilines is 1. The van der Waals surface area contributed by atoms with E-state index in [0.29, 0.717) is 0 Å². The number of rotatable bonds is 6. The number of amides is 1. The van der Waals surface area contributed by atoms with Crippen molar-refractivity contribution in [2.45, 2.75) is 9.79 Å². The summed E-state index contributed by atoms with van der Waals surface area (Å²) in [6, 6.07) is 10.6. The van der Waals surface area contributed by atoms with Gasteiger partial charge in [-0.25, -0.2) is 21.1 Å². The summed E-state index contributed by atoms with van der Waals surface area (Å²) in [5.74, 6) is -0.772. The minimum atomic E-state index is -4.02. The van der Waals surface area contributed by atoms with E-state index in [1.54, 1.807) is 12.1 Å². The van der Waals surface area contributed by atoms with Crippen molar-refractivity contribution in [2.24, 2.45) is 5.73 Å². The van der Waals surface area contributed by atoms with Gasteiger partial charge < -0.3 is 5.73 Å². The first kappa shape index (κ1) is 18.9. The van der Waals surface area contributed by atoms with Crippen molar-refractivity contribution in [1.29, 1.82) is 0 Å². The zero-order valence-electron chi connectivity index (χ0n) is 13.5. The number of para-hydroxylation sites is 1. The highest BCUT2D eigenvalue weighted by molar-refractivity contribution is 7.92. The van der Waals surface area contributed by atoms with Crippen molar-refractivity contribution in [3.05, 3.63) is 54.1 Å². The third-order valence-electron chi connectivity index (χ3n) is 3.35. The number of nitrogens with one attached hydrogen (secondary N) is 1. The molecule has 0 unspecified atom stereocenters. The molecule has 3 N–H and O–H groups in total. The van der Waals surface area contributed by atoms with Crippen LogP contribution in [0.4, 0.5) is 5.69 Å². The van der Waals surface area contributed by atoms with Gasteiger partial charge in [0.15, 0.2) is 0 Å². The number of nitrogens with two attached hydrogens (primary N) is 1. The second kappa shape index (κ2) is 6.82. The Morgan fingerprint density at radius 2 is 1.44 bits per heavy atom. The van der Waals surface area contributed by atoms with Crippen molar-refractivity contribution < 1.29 is 21.6 Å². The summed E-state index contributed by atoms with van der Waals surface area (Å²) in [6.45, 7) is 0. The normalized spacial score (nSPS) is 12.1. The minimum absolute atomic E-state index is 0.0258. The fraction of sp³-hybridized carbons (Fsp3) is 0.133. The van der Waals surface area contributed by atoms with Gasteiger partial charge in [0.1, 0.15) is 0 Å². The SMILES string of the molecule is CN(C)S(=O)(=O)c1ccc(S(=O)(=O)Nc2ccccc2C(N)=O)cc1. The van der Waals surface area contributed by atoms with Crippen LogP contribution in [0.15, 0.2) is 58.3 Å². The minimum Gasteiger partial charge on any atom is -0.366 e. The van der Waals surface area contributed by atoms with E-state index < -0.39 is 26.0 Å². The summed E-state index contributed by atoms with van der Waals surface area (Å²) in [7, 11) is -4.92. The fourth-order valence-electron chi connectivity index (χ4n) is 1.99. The van der Waals surface area contributed by atoms with E-state index in [0.717, 1.165) is 4.31 Å². The van der Waals surface area contributed by atoms with Crippen LogP contribution in [0, 0.1) is 0 Å². The van der Waals surface area contributed by atoms with Gasteiger partial charge >= 0.3 is 0 Å². The second-order valence-electron chi connectivity index (χ2n) is 5.27. The van der Waals surface area contributed by atoms with Crippen LogP contribution in [0.5, 0.6) is 0 Å². The molecule has 0 aliphatic heterocycles. The second-order valence-corrected chi connectivity index (χ2v) is 9.11. The predicted octanol–water partition coefficient (Wildman–Crippen LogP) is 0.837. The summed E-state index contributed by atoms with van der Waals surface area (Å²) in [5, 5.41) is 0. The smallest absolute Gasteiger partial charge is 0.261 e. The van der Waals surface area contributed by atoms with E-state index >= 15 is 0 Å². The first-order valence-electron chi connectivity index (χ1n) is 7.00. The number of primary amides is 1. The van der Waals surface area contributed by atoms with E-state index in [9.17, 15) is 21.6 Å². The monoisotopic (exact) mass is 383 g/mol. The molecule has 2 aromatic carbocycles. The summed E-state index contributed by atoms with van der Waals surface area (Å²) >= 11 is 0. The summed E-state index contributed by atoms with van der Waals surface area (Å²) < 4.78 is 52.2. The third-order valence-corrected chi connectivity index (χ3v) is 6.56. The first-order chi connectivity index (χ1) is 11.6. The molecule has 2 aromatic rings. The average Bonchev–Trinajstić information content (AvgIpc) is 2.54. The molecule has 0 heterocycles. The average molecular weight is 383 g/mol. The molecule has 0 aliphatic rings. The van der Waals surface area contributed by atoms with Crippen LogP contribution in [-0.2, 0) is 20.0 Å². The lowest BCUT2D eigenvalue weighted by Crippen LogP contribution is -2.22. The molecule has 0 fully saturated rings. The maximum Gasteiger partial charge on any atom is 0.261 e. The lowest BCUT2D eigenvalue weighted by molar-refractivity contribution is 0.100. The van der Waals surface area contributed by atoms with Gasteiger partial charge in [0.25, 0.3) is 15.9 Å². The zero-order valence-corrected chi connectivity index (χ0v) is 15.1. The molecular formula is C15H17N3O5S2. The lowest BCUT2D eigenvalue weighted by Gasteiger charge is -2.13. The van der Waals surface area contributed by atoms with E-state index in [2.05, 4.69) is 4.72 Å². The van der Waals surface area contributed by atoms with Crippen LogP contribution in [0.2, 0.25) is 0 Å². The summed E-state index contributed by atoms with van der Waals surface area (Å²) in [4.78, 5) is 11.2. The molecule has 0 bridgehead atoms. The van der Waals surface area contributed by atoms with Crippen molar-refractivity contribution in [2.75, 3.05) is 18.8 Å². The molecule has 0 saturated carbocycles. The highest BCUT2D eigenvalue weighted by Crippen LogP contribution is 2.21. The van der Waals surface area contributed by atoms with Gasteiger partial charge in [-0.2, -0.15) is 0 Å². The predicted molar refractivity (Wildman–Crippen MR) is 93.1 cm³/mol. The number of nitrogens with zero attached hydrogens (tertiary/aromatic N) is 1. The molecule has 134 valence electrons. The van der Waals surface area contributed by atoms with Crippen LogP contribution in [0.25, 0.3) is 0 Å². The highest BCUT2D eigenvalue weighted by atomic mass is 32.2. The van der Waals surface area contributed by atoms with E-state index in [1.807, 2.05) is 0 Å². The van der Waals surface area contributed by atoms with Gasteiger partial charge in [0, 0.05) is 14.1 Å². The maximum atomic E-state index is 12.4. The molecule has 0 aromatic heterocycles. The third kappa shape index (κ3) is 3.98. The van der Waals surface area contributed by atoms with E-state index in [1.165, 1.54) is 50.5 Å². The van der Waals surface area contributed by atoms with Crippen molar-refractivity contribution >= 4 is 31.6 Å². The Balaban J connectivity index is 2.37. The van der Waals surface area contributed by atoms with E-state index in [-0.39, 0.29) is 21.0 Å². The molecule has 2 rings (SSSR count). The van der Waals surface area contributed by atoms with Gasteiger partial charge in [-0.15, -0.1) is 0 Å². The van der Waals surface area contributed by atoms with Crippen LogP contribution < -0.4 is 10.5 Å². The van der Waals surface area contributed by atoms with Crippen molar-refractivity contribution in [1.82, 2.24) is 4.31 Å². The molecule has 8 nitrogen and oxygen atoms in total. The van der Waals surface area contributed by atoms with Crippen LogP contribution in [0.1, 0.15) is 10.4 Å². The molecule has 0 atom stereocenters. The fourth-order valence-corrected chi connectivity index (χ4v) is 3.97. The first-order valence-corrected chi connectivity index (χ1v) is 9.92. The Hall–Kier alpha value is -2.43. The van der Waals surface area contributed by atoms with Crippen molar-refractivity contribution in [3.8, 4) is 0 Å². The van der Waals surface area contributed by atoms with E-state index in [4.69, 9.17) is 5.73 Å². The number of sulfonamides is 2. The Labute approximate surface area is 146 Å². The van der Waals surface area contributed by atoms with Gasteiger partial charge in [-0.05, 0) is 36.4 Å². The molecule has 10 heteroatoms. The molecule has 0 saturated heterocycles. The van der Waals surface area contributed by atoms with Crippen LogP contribution in [-0.4, -0.2) is 41.1 Å².